The molecule has 1 aromatic carbocycles. The molecule has 5 nitrogen and oxygen atoms in total. The van der Waals surface area contributed by atoms with E-state index >= 15 is 0 Å². The molecule has 0 saturated carbocycles. The Morgan fingerprint density at radius 2 is 2.24 bits per heavy atom. The Morgan fingerprint density at radius 3 is 2.88 bits per heavy atom. The molecule has 0 atom stereocenters. The number of aromatic nitrogens is 2. The van der Waals surface area contributed by atoms with Crippen LogP contribution in [0.4, 0.5) is 5.69 Å². The van der Waals surface area contributed by atoms with Crippen molar-refractivity contribution in [3.05, 3.63) is 30.1 Å². The zero-order valence-corrected chi connectivity index (χ0v) is 9.84. The second kappa shape index (κ2) is 4.47. The average Bonchev–Trinajstić information content (AvgIpc) is 2.71. The van der Waals surface area contributed by atoms with Gasteiger partial charge in [0, 0.05) is 12.6 Å². The van der Waals surface area contributed by atoms with Gasteiger partial charge in [0.15, 0.2) is 0 Å². The predicted octanol–water partition coefficient (Wildman–Crippen LogP) is 1.17. The highest BCUT2D eigenvalue weighted by molar-refractivity contribution is 5.71. The highest BCUT2D eigenvalue weighted by atomic mass is 16.5. The summed E-state index contributed by atoms with van der Waals surface area (Å²) in [5.74, 6) is 0.621. The molecule has 0 bridgehead atoms. The number of aliphatic hydroxyl groups is 1. The molecule has 90 valence electrons. The summed E-state index contributed by atoms with van der Waals surface area (Å²) in [7, 11) is 3.37. The molecule has 0 unspecified atom stereocenters. The number of aliphatic hydroxyl groups excluding tert-OH is 1. The molecule has 0 radical (unpaired) electrons. The lowest BCUT2D eigenvalue weighted by atomic mass is 10.1. The lowest BCUT2D eigenvalue weighted by Crippen LogP contribution is -1.99. The first-order chi connectivity index (χ1) is 8.17. The van der Waals surface area contributed by atoms with Crippen molar-refractivity contribution < 1.29 is 9.84 Å². The summed E-state index contributed by atoms with van der Waals surface area (Å²) in [6, 6.07) is 5.50. The van der Waals surface area contributed by atoms with Gasteiger partial charge in [0.1, 0.15) is 5.75 Å². The van der Waals surface area contributed by atoms with E-state index in [1.807, 2.05) is 12.1 Å². The summed E-state index contributed by atoms with van der Waals surface area (Å²) in [5.41, 5.74) is 8.92. The summed E-state index contributed by atoms with van der Waals surface area (Å²) in [4.78, 5) is 0. The Labute approximate surface area is 99.4 Å². The van der Waals surface area contributed by atoms with Crippen LogP contribution < -0.4 is 10.5 Å². The molecule has 0 aliphatic carbocycles. The van der Waals surface area contributed by atoms with Crippen molar-refractivity contribution in [2.24, 2.45) is 7.05 Å². The molecular weight excluding hydrogens is 218 g/mol. The number of hydrogen-bond acceptors (Lipinski definition) is 4. The van der Waals surface area contributed by atoms with Gasteiger partial charge >= 0.3 is 0 Å². The summed E-state index contributed by atoms with van der Waals surface area (Å²) in [5, 5.41) is 13.4. The summed E-state index contributed by atoms with van der Waals surface area (Å²) in [6.45, 7) is -0.0570. The smallest absolute Gasteiger partial charge is 0.142 e. The number of rotatable bonds is 3. The third kappa shape index (κ3) is 1.97. The van der Waals surface area contributed by atoms with Gasteiger partial charge in [-0.15, -0.1) is 0 Å². The Balaban J connectivity index is 2.52. The van der Waals surface area contributed by atoms with Crippen LogP contribution in [-0.2, 0) is 13.7 Å². The fraction of sp³-hybridized carbons (Fsp3) is 0.250. The zero-order valence-electron chi connectivity index (χ0n) is 9.84. The van der Waals surface area contributed by atoms with Gasteiger partial charge in [0.25, 0.3) is 0 Å². The minimum Gasteiger partial charge on any atom is -0.495 e. The maximum Gasteiger partial charge on any atom is 0.142 e. The number of nitrogen functional groups attached to an aromatic ring is 1. The van der Waals surface area contributed by atoms with Crippen LogP contribution in [0.25, 0.3) is 11.1 Å². The van der Waals surface area contributed by atoms with E-state index in [1.54, 1.807) is 31.1 Å². The molecule has 0 spiro atoms. The molecule has 5 heteroatoms. The van der Waals surface area contributed by atoms with Gasteiger partial charge in [-0.2, -0.15) is 5.10 Å². The predicted molar refractivity (Wildman–Crippen MR) is 65.5 cm³/mol. The van der Waals surface area contributed by atoms with E-state index in [0.717, 1.165) is 16.8 Å². The number of hydrogen-bond donors (Lipinski definition) is 2. The third-order valence-electron chi connectivity index (χ3n) is 2.76. The minimum absolute atomic E-state index is 0.0570. The van der Waals surface area contributed by atoms with Crippen molar-refractivity contribution in [2.45, 2.75) is 6.61 Å². The molecule has 1 aromatic heterocycles. The summed E-state index contributed by atoms with van der Waals surface area (Å²) < 4.78 is 6.82. The Hall–Kier alpha value is -2.01. The fourth-order valence-corrected chi connectivity index (χ4v) is 1.77. The Kier molecular flexibility index (Phi) is 3.01. The summed E-state index contributed by atoms with van der Waals surface area (Å²) in [6.07, 6.45) is 1.72. The molecule has 17 heavy (non-hydrogen) atoms. The molecule has 0 aliphatic heterocycles. The highest BCUT2D eigenvalue weighted by Gasteiger charge is 2.11. The molecule has 0 aliphatic rings. The van der Waals surface area contributed by atoms with Crippen molar-refractivity contribution in [1.82, 2.24) is 9.78 Å². The van der Waals surface area contributed by atoms with Crippen LogP contribution in [0.15, 0.2) is 24.4 Å². The molecular formula is C12H15N3O2. The van der Waals surface area contributed by atoms with E-state index in [-0.39, 0.29) is 6.61 Å². The lowest BCUT2D eigenvalue weighted by Gasteiger charge is -2.08. The molecule has 0 fully saturated rings. The first-order valence-corrected chi connectivity index (χ1v) is 5.23. The molecule has 2 aromatic rings. The van der Waals surface area contributed by atoms with Gasteiger partial charge in [-0.1, -0.05) is 6.07 Å². The van der Waals surface area contributed by atoms with E-state index in [1.165, 1.54) is 0 Å². The SMILES string of the molecule is COc1cc(-c2cnn(C)c2CO)ccc1N. The summed E-state index contributed by atoms with van der Waals surface area (Å²) >= 11 is 0. The van der Waals surface area contributed by atoms with Gasteiger partial charge in [0.2, 0.25) is 0 Å². The fourth-order valence-electron chi connectivity index (χ4n) is 1.77. The van der Waals surface area contributed by atoms with Gasteiger partial charge < -0.3 is 15.6 Å². The first kappa shape index (κ1) is 11.5. The average molecular weight is 233 g/mol. The molecule has 3 N–H and O–H groups in total. The van der Waals surface area contributed by atoms with Gasteiger partial charge in [-0.05, 0) is 17.7 Å². The number of ether oxygens (including phenoxy) is 1. The Morgan fingerprint density at radius 1 is 1.47 bits per heavy atom. The highest BCUT2D eigenvalue weighted by Crippen LogP contribution is 2.30. The van der Waals surface area contributed by atoms with Crippen LogP contribution in [0.1, 0.15) is 5.69 Å². The van der Waals surface area contributed by atoms with Gasteiger partial charge in [-0.25, -0.2) is 0 Å². The number of nitrogens with two attached hydrogens (primary N) is 1. The van der Waals surface area contributed by atoms with E-state index in [0.29, 0.717) is 11.4 Å². The van der Waals surface area contributed by atoms with E-state index in [2.05, 4.69) is 5.10 Å². The van der Waals surface area contributed by atoms with Crippen LogP contribution in [0, 0.1) is 0 Å². The van der Waals surface area contributed by atoms with E-state index < -0.39 is 0 Å². The topological polar surface area (TPSA) is 73.3 Å². The maximum absolute atomic E-state index is 9.31. The lowest BCUT2D eigenvalue weighted by molar-refractivity contribution is 0.271. The minimum atomic E-state index is -0.0570. The van der Waals surface area contributed by atoms with Crippen LogP contribution in [0.2, 0.25) is 0 Å². The van der Waals surface area contributed by atoms with Crippen LogP contribution in [0.3, 0.4) is 0 Å². The van der Waals surface area contributed by atoms with Crippen molar-refractivity contribution in [3.8, 4) is 16.9 Å². The van der Waals surface area contributed by atoms with Crippen molar-refractivity contribution in [3.63, 3.8) is 0 Å². The normalized spacial score (nSPS) is 10.5. The van der Waals surface area contributed by atoms with E-state index in [9.17, 15) is 5.11 Å². The number of nitrogens with zero attached hydrogens (tertiary/aromatic N) is 2. The second-order valence-electron chi connectivity index (χ2n) is 3.74. The molecule has 0 saturated heterocycles. The van der Waals surface area contributed by atoms with Crippen LogP contribution in [0.5, 0.6) is 5.75 Å². The number of aryl methyl sites for hydroxylation is 1. The van der Waals surface area contributed by atoms with Gasteiger partial charge in [0.05, 0.1) is 31.3 Å². The second-order valence-corrected chi connectivity index (χ2v) is 3.74. The number of anilines is 1. The van der Waals surface area contributed by atoms with Crippen molar-refractivity contribution in [2.75, 3.05) is 12.8 Å². The number of methoxy groups -OCH3 is 1. The quantitative estimate of drug-likeness (QED) is 0.780. The maximum atomic E-state index is 9.31. The van der Waals surface area contributed by atoms with Crippen molar-refractivity contribution >= 4 is 5.69 Å². The molecule has 1 heterocycles. The Bertz CT molecular complexity index is 535. The monoisotopic (exact) mass is 233 g/mol. The largest absolute Gasteiger partial charge is 0.495 e. The first-order valence-electron chi connectivity index (χ1n) is 5.23. The van der Waals surface area contributed by atoms with Crippen molar-refractivity contribution in [1.29, 1.82) is 0 Å². The van der Waals surface area contributed by atoms with Crippen LogP contribution in [-0.4, -0.2) is 22.0 Å². The molecule has 2 rings (SSSR count). The van der Waals surface area contributed by atoms with Crippen LogP contribution >= 0.6 is 0 Å². The zero-order chi connectivity index (χ0) is 12.4. The van der Waals surface area contributed by atoms with E-state index in [4.69, 9.17) is 10.5 Å². The number of benzene rings is 1. The molecule has 0 amide bonds. The standard InChI is InChI=1S/C12H15N3O2/c1-15-11(7-16)9(6-14-15)8-3-4-10(13)12(5-8)17-2/h3-6,16H,7,13H2,1-2H3. The third-order valence-corrected chi connectivity index (χ3v) is 2.76. The van der Waals surface area contributed by atoms with Gasteiger partial charge in [-0.3, -0.25) is 4.68 Å².